The van der Waals surface area contributed by atoms with E-state index < -0.39 is 0 Å². The number of para-hydroxylation sites is 2. The molecule has 132 valence electrons. The van der Waals surface area contributed by atoms with Crippen LogP contribution in [0.25, 0.3) is 0 Å². The van der Waals surface area contributed by atoms with Gasteiger partial charge < -0.3 is 10.1 Å². The van der Waals surface area contributed by atoms with E-state index >= 15 is 0 Å². The second-order valence-electron chi connectivity index (χ2n) is 5.22. The van der Waals surface area contributed by atoms with Gasteiger partial charge in [0.1, 0.15) is 5.02 Å². The minimum absolute atomic E-state index is 0.210. The highest BCUT2D eigenvalue weighted by molar-refractivity contribution is 7.98. The van der Waals surface area contributed by atoms with Crippen LogP contribution in [-0.2, 0) is 0 Å². The van der Waals surface area contributed by atoms with Crippen LogP contribution < -0.4 is 10.1 Å². The predicted octanol–water partition coefficient (Wildman–Crippen LogP) is 6.15. The van der Waals surface area contributed by atoms with Crippen molar-refractivity contribution >= 4 is 46.6 Å². The van der Waals surface area contributed by atoms with Crippen molar-refractivity contribution in [1.29, 1.82) is 0 Å². The number of nitrogens with one attached hydrogen (secondary N) is 1. The SMILES string of the molecule is CSc1ccc(C(=O)Nc2ccccc2Oc2ncc(Cl)cc2Cl)cc1. The quantitative estimate of drug-likeness (QED) is 0.517. The molecule has 0 unspecified atom stereocenters. The number of thioether (sulfide) groups is 1. The van der Waals surface area contributed by atoms with Crippen molar-refractivity contribution in [3.05, 3.63) is 76.4 Å². The summed E-state index contributed by atoms with van der Waals surface area (Å²) in [5.74, 6) is 0.407. The number of rotatable bonds is 5. The number of anilines is 1. The molecule has 1 heterocycles. The lowest BCUT2D eigenvalue weighted by Gasteiger charge is -2.12. The van der Waals surface area contributed by atoms with Crippen LogP contribution in [0.15, 0.2) is 65.7 Å². The summed E-state index contributed by atoms with van der Waals surface area (Å²) in [4.78, 5) is 17.7. The van der Waals surface area contributed by atoms with Crippen molar-refractivity contribution < 1.29 is 9.53 Å². The third-order valence-electron chi connectivity index (χ3n) is 3.47. The summed E-state index contributed by atoms with van der Waals surface area (Å²) in [5, 5.41) is 3.55. The van der Waals surface area contributed by atoms with E-state index in [0.29, 0.717) is 22.0 Å². The summed E-state index contributed by atoms with van der Waals surface area (Å²) >= 11 is 13.6. The lowest BCUT2D eigenvalue weighted by atomic mass is 10.2. The van der Waals surface area contributed by atoms with E-state index in [-0.39, 0.29) is 16.8 Å². The Balaban J connectivity index is 1.81. The van der Waals surface area contributed by atoms with Gasteiger partial charge >= 0.3 is 0 Å². The Labute approximate surface area is 165 Å². The first kappa shape index (κ1) is 18.6. The minimum atomic E-state index is -0.233. The highest BCUT2D eigenvalue weighted by atomic mass is 35.5. The van der Waals surface area contributed by atoms with Crippen LogP contribution in [0.2, 0.25) is 10.0 Å². The number of hydrogen-bond acceptors (Lipinski definition) is 4. The molecule has 1 amide bonds. The Hall–Kier alpha value is -2.21. The monoisotopic (exact) mass is 404 g/mol. The molecule has 7 heteroatoms. The van der Waals surface area contributed by atoms with E-state index in [9.17, 15) is 4.79 Å². The molecule has 1 aromatic heterocycles. The van der Waals surface area contributed by atoms with Gasteiger partial charge in [0.2, 0.25) is 5.88 Å². The van der Waals surface area contributed by atoms with Crippen LogP contribution in [-0.4, -0.2) is 17.1 Å². The Kier molecular flexibility index (Phi) is 6.04. The molecule has 0 atom stereocenters. The Bertz CT molecular complexity index is 933. The topological polar surface area (TPSA) is 51.2 Å². The molecule has 0 saturated heterocycles. The fourth-order valence-corrected chi connectivity index (χ4v) is 3.00. The van der Waals surface area contributed by atoms with E-state index in [1.165, 1.54) is 6.20 Å². The van der Waals surface area contributed by atoms with E-state index in [2.05, 4.69) is 10.3 Å². The van der Waals surface area contributed by atoms with Crippen LogP contribution in [0.5, 0.6) is 11.6 Å². The molecule has 0 aliphatic carbocycles. The number of hydrogen-bond donors (Lipinski definition) is 1. The molecule has 0 aliphatic heterocycles. The largest absolute Gasteiger partial charge is 0.435 e. The van der Waals surface area contributed by atoms with Crippen LogP contribution in [0, 0.1) is 0 Å². The summed E-state index contributed by atoms with van der Waals surface area (Å²) in [6.45, 7) is 0. The number of carbonyl (C=O) groups is 1. The van der Waals surface area contributed by atoms with Crippen molar-refractivity contribution in [3.8, 4) is 11.6 Å². The van der Waals surface area contributed by atoms with Gasteiger partial charge in [-0.15, -0.1) is 11.8 Å². The molecule has 26 heavy (non-hydrogen) atoms. The molecular formula is C19H14Cl2N2O2S. The molecule has 2 aromatic carbocycles. The highest BCUT2D eigenvalue weighted by Gasteiger charge is 2.12. The maximum Gasteiger partial charge on any atom is 0.255 e. The number of benzene rings is 2. The van der Waals surface area contributed by atoms with Crippen molar-refractivity contribution in [2.24, 2.45) is 0 Å². The molecular weight excluding hydrogens is 391 g/mol. The van der Waals surface area contributed by atoms with Gasteiger partial charge in [-0.05, 0) is 48.7 Å². The second kappa shape index (κ2) is 8.45. The fraction of sp³-hybridized carbons (Fsp3) is 0.0526. The van der Waals surface area contributed by atoms with Gasteiger partial charge in [-0.1, -0.05) is 35.3 Å². The van der Waals surface area contributed by atoms with Gasteiger partial charge in [-0.3, -0.25) is 4.79 Å². The van der Waals surface area contributed by atoms with Gasteiger partial charge in [-0.25, -0.2) is 4.98 Å². The van der Waals surface area contributed by atoms with Crippen LogP contribution in [0.1, 0.15) is 10.4 Å². The number of ether oxygens (including phenoxy) is 1. The Morgan fingerprint density at radius 1 is 1.12 bits per heavy atom. The zero-order valence-electron chi connectivity index (χ0n) is 13.7. The van der Waals surface area contributed by atoms with E-state index in [1.807, 2.05) is 18.4 Å². The van der Waals surface area contributed by atoms with Crippen molar-refractivity contribution in [2.75, 3.05) is 11.6 Å². The van der Waals surface area contributed by atoms with E-state index in [4.69, 9.17) is 27.9 Å². The summed E-state index contributed by atoms with van der Waals surface area (Å²) in [5.41, 5.74) is 1.07. The van der Waals surface area contributed by atoms with E-state index in [1.54, 1.807) is 54.2 Å². The lowest BCUT2D eigenvalue weighted by Crippen LogP contribution is -2.12. The van der Waals surface area contributed by atoms with Crippen molar-refractivity contribution in [2.45, 2.75) is 4.90 Å². The molecule has 1 N–H and O–H groups in total. The maximum atomic E-state index is 12.5. The molecule has 0 spiro atoms. The zero-order valence-corrected chi connectivity index (χ0v) is 16.0. The predicted molar refractivity (Wildman–Crippen MR) is 107 cm³/mol. The summed E-state index contributed by atoms with van der Waals surface area (Å²) in [6.07, 6.45) is 3.43. The first-order valence-electron chi connectivity index (χ1n) is 7.60. The average molecular weight is 405 g/mol. The van der Waals surface area contributed by atoms with Crippen LogP contribution in [0.4, 0.5) is 5.69 Å². The standard InChI is InChI=1S/C19H14Cl2N2O2S/c1-26-14-8-6-12(7-9-14)18(24)23-16-4-2-3-5-17(16)25-19-15(21)10-13(20)11-22-19/h2-11H,1H3,(H,23,24). The lowest BCUT2D eigenvalue weighted by molar-refractivity contribution is 0.102. The van der Waals surface area contributed by atoms with Crippen LogP contribution >= 0.6 is 35.0 Å². The van der Waals surface area contributed by atoms with Gasteiger partial charge in [0.15, 0.2) is 5.75 Å². The minimum Gasteiger partial charge on any atom is -0.435 e. The smallest absolute Gasteiger partial charge is 0.255 e. The normalized spacial score (nSPS) is 10.4. The molecule has 0 bridgehead atoms. The van der Waals surface area contributed by atoms with Crippen molar-refractivity contribution in [1.82, 2.24) is 4.98 Å². The third-order valence-corrected chi connectivity index (χ3v) is 4.69. The fourth-order valence-electron chi connectivity index (χ4n) is 2.18. The molecule has 4 nitrogen and oxygen atoms in total. The van der Waals surface area contributed by atoms with Gasteiger partial charge in [-0.2, -0.15) is 0 Å². The summed E-state index contributed by atoms with van der Waals surface area (Å²) in [6, 6.07) is 16.0. The first-order valence-corrected chi connectivity index (χ1v) is 9.58. The molecule has 3 rings (SSSR count). The number of pyridine rings is 1. The third kappa shape index (κ3) is 4.49. The van der Waals surface area contributed by atoms with Crippen LogP contribution in [0.3, 0.4) is 0 Å². The first-order chi connectivity index (χ1) is 12.6. The molecule has 3 aromatic rings. The molecule has 0 aliphatic rings. The zero-order chi connectivity index (χ0) is 18.5. The number of nitrogens with zero attached hydrogens (tertiary/aromatic N) is 1. The highest BCUT2D eigenvalue weighted by Crippen LogP contribution is 2.33. The van der Waals surface area contributed by atoms with Gasteiger partial charge in [0.05, 0.1) is 10.7 Å². The maximum absolute atomic E-state index is 12.5. The number of carbonyl (C=O) groups excluding carboxylic acids is 1. The number of amides is 1. The average Bonchev–Trinajstić information content (AvgIpc) is 2.65. The molecule has 0 fully saturated rings. The summed E-state index contributed by atoms with van der Waals surface area (Å²) in [7, 11) is 0. The van der Waals surface area contributed by atoms with Gasteiger partial charge in [0, 0.05) is 16.7 Å². The van der Waals surface area contributed by atoms with Crippen molar-refractivity contribution in [3.63, 3.8) is 0 Å². The van der Waals surface area contributed by atoms with E-state index in [0.717, 1.165) is 4.90 Å². The van der Waals surface area contributed by atoms with Gasteiger partial charge in [0.25, 0.3) is 5.91 Å². The molecule has 0 saturated carbocycles. The molecule has 0 radical (unpaired) electrons. The number of halogens is 2. The second-order valence-corrected chi connectivity index (χ2v) is 6.94. The Morgan fingerprint density at radius 3 is 2.54 bits per heavy atom. The Morgan fingerprint density at radius 2 is 1.85 bits per heavy atom. The number of aromatic nitrogens is 1. The summed E-state index contributed by atoms with van der Waals surface area (Å²) < 4.78 is 5.75.